The molecule has 0 bridgehead atoms. The molecule has 7 nitrogen and oxygen atoms in total. The summed E-state index contributed by atoms with van der Waals surface area (Å²) in [5, 5.41) is 13.8. The molecule has 0 radical (unpaired) electrons. The summed E-state index contributed by atoms with van der Waals surface area (Å²) in [6, 6.07) is 4.07. The number of hydrogen-bond donors (Lipinski definition) is 2. The van der Waals surface area contributed by atoms with E-state index < -0.39 is 16.9 Å². The average molecular weight is 360 g/mol. The predicted molar refractivity (Wildman–Crippen MR) is 82.2 cm³/mol. The van der Waals surface area contributed by atoms with Gasteiger partial charge in [-0.2, -0.15) is 0 Å². The summed E-state index contributed by atoms with van der Waals surface area (Å²) >= 11 is 3.15. The molecule has 0 saturated carbocycles. The Labute approximate surface area is 131 Å². The van der Waals surface area contributed by atoms with Crippen LogP contribution in [-0.4, -0.2) is 30.0 Å². The fourth-order valence-electron chi connectivity index (χ4n) is 1.70. The molecule has 0 aliphatic heterocycles. The van der Waals surface area contributed by atoms with Crippen molar-refractivity contribution in [2.75, 3.05) is 13.2 Å². The Kier molecular flexibility index (Phi) is 7.10. The van der Waals surface area contributed by atoms with E-state index in [2.05, 4.69) is 21.2 Å². The summed E-state index contributed by atoms with van der Waals surface area (Å²) in [5.74, 6) is -0.0759. The number of nitro benzene ring substituents is 1. The number of rotatable bonds is 9. The van der Waals surface area contributed by atoms with Crippen molar-refractivity contribution < 1.29 is 14.5 Å². The van der Waals surface area contributed by atoms with Crippen LogP contribution in [0.3, 0.4) is 0 Å². The van der Waals surface area contributed by atoms with Crippen LogP contribution < -0.4 is 15.8 Å². The van der Waals surface area contributed by atoms with Gasteiger partial charge in [0.2, 0.25) is 5.91 Å². The van der Waals surface area contributed by atoms with Crippen LogP contribution in [0.2, 0.25) is 0 Å². The van der Waals surface area contributed by atoms with Gasteiger partial charge in [-0.05, 0) is 35.0 Å². The maximum absolute atomic E-state index is 11.3. The number of primary amides is 1. The quantitative estimate of drug-likeness (QED) is 0.517. The smallest absolute Gasteiger partial charge is 0.287 e. The van der Waals surface area contributed by atoms with Crippen molar-refractivity contribution in [1.29, 1.82) is 0 Å². The van der Waals surface area contributed by atoms with Crippen LogP contribution >= 0.6 is 15.9 Å². The minimum atomic E-state index is -0.494. The molecule has 1 unspecified atom stereocenters. The third-order valence-electron chi connectivity index (χ3n) is 2.79. The highest BCUT2D eigenvalue weighted by atomic mass is 79.9. The van der Waals surface area contributed by atoms with E-state index in [0.717, 1.165) is 6.42 Å². The van der Waals surface area contributed by atoms with Crippen LogP contribution in [0.1, 0.15) is 19.8 Å². The van der Waals surface area contributed by atoms with Gasteiger partial charge >= 0.3 is 0 Å². The number of amides is 1. The first-order valence-corrected chi connectivity index (χ1v) is 7.35. The number of carbonyl (C=O) groups excluding carboxylic acids is 1. The molecule has 3 N–H and O–H groups in total. The minimum Gasteiger partial charge on any atom is -0.492 e. The van der Waals surface area contributed by atoms with Gasteiger partial charge in [-0.15, -0.1) is 0 Å². The third kappa shape index (κ3) is 5.31. The van der Waals surface area contributed by atoms with Gasteiger partial charge in [0.1, 0.15) is 10.2 Å². The summed E-state index contributed by atoms with van der Waals surface area (Å²) in [6.45, 7) is 2.90. The van der Waals surface area contributed by atoms with E-state index in [4.69, 9.17) is 10.5 Å². The summed E-state index contributed by atoms with van der Waals surface area (Å²) < 4.78 is 5.77. The van der Waals surface area contributed by atoms with E-state index in [1.54, 1.807) is 12.1 Å². The zero-order valence-corrected chi connectivity index (χ0v) is 13.3. The Hall–Kier alpha value is -1.67. The molecule has 8 heteroatoms. The molecule has 0 saturated heterocycles. The lowest BCUT2D eigenvalue weighted by Gasteiger charge is -2.15. The number of nitrogens with one attached hydrogen (secondary N) is 1. The maximum Gasteiger partial charge on any atom is 0.287 e. The van der Waals surface area contributed by atoms with E-state index >= 15 is 0 Å². The lowest BCUT2D eigenvalue weighted by molar-refractivity contribution is -0.385. The molecule has 1 atom stereocenters. The third-order valence-corrected chi connectivity index (χ3v) is 3.58. The van der Waals surface area contributed by atoms with Crippen LogP contribution in [0.5, 0.6) is 5.75 Å². The standard InChI is InChI=1S/C13H18BrN3O4/c1-2-7-16-9(13(15)18)6-8-21-11-5-3-4-10(12(11)14)17(19)20/h3-5,9,16H,2,6-8H2,1H3,(H2,15,18). The molecule has 1 aromatic carbocycles. The highest BCUT2D eigenvalue weighted by Gasteiger charge is 2.17. The van der Waals surface area contributed by atoms with Crippen molar-refractivity contribution in [3.8, 4) is 5.75 Å². The maximum atomic E-state index is 11.3. The molecule has 0 spiro atoms. The summed E-state index contributed by atoms with van der Waals surface area (Å²) in [6.07, 6.45) is 1.28. The van der Waals surface area contributed by atoms with E-state index in [1.807, 2.05) is 6.92 Å². The normalized spacial score (nSPS) is 11.9. The molecule has 1 rings (SSSR count). The Morgan fingerprint density at radius 1 is 1.57 bits per heavy atom. The number of nitro groups is 1. The van der Waals surface area contributed by atoms with Gasteiger partial charge in [-0.3, -0.25) is 14.9 Å². The average Bonchev–Trinajstić information content (AvgIpc) is 2.43. The highest BCUT2D eigenvalue weighted by Crippen LogP contribution is 2.33. The van der Waals surface area contributed by atoms with Crippen LogP contribution in [0, 0.1) is 10.1 Å². The number of nitrogens with two attached hydrogens (primary N) is 1. The van der Waals surface area contributed by atoms with E-state index in [9.17, 15) is 14.9 Å². The first kappa shape index (κ1) is 17.4. The first-order chi connectivity index (χ1) is 9.97. The fraction of sp³-hybridized carbons (Fsp3) is 0.462. The largest absolute Gasteiger partial charge is 0.492 e. The molecule has 0 heterocycles. The van der Waals surface area contributed by atoms with Gasteiger partial charge in [-0.1, -0.05) is 13.0 Å². The van der Waals surface area contributed by atoms with Crippen molar-refractivity contribution in [2.45, 2.75) is 25.8 Å². The van der Waals surface area contributed by atoms with Crippen molar-refractivity contribution in [2.24, 2.45) is 5.73 Å². The predicted octanol–water partition coefficient (Wildman–Crippen LogP) is 1.98. The Bertz CT molecular complexity index is 510. The van der Waals surface area contributed by atoms with E-state index in [-0.39, 0.29) is 16.8 Å². The second kappa shape index (κ2) is 8.58. The van der Waals surface area contributed by atoms with Crippen molar-refractivity contribution in [3.63, 3.8) is 0 Å². The monoisotopic (exact) mass is 359 g/mol. The lowest BCUT2D eigenvalue weighted by atomic mass is 10.2. The molecule has 1 aromatic rings. The number of ether oxygens (including phenoxy) is 1. The Balaban J connectivity index is 2.61. The Morgan fingerprint density at radius 3 is 2.86 bits per heavy atom. The summed E-state index contributed by atoms with van der Waals surface area (Å²) in [4.78, 5) is 21.6. The molecule has 0 fully saturated rings. The Morgan fingerprint density at radius 2 is 2.29 bits per heavy atom. The van der Waals surface area contributed by atoms with Crippen molar-refractivity contribution >= 4 is 27.5 Å². The second-order valence-electron chi connectivity index (χ2n) is 4.39. The fourth-order valence-corrected chi connectivity index (χ4v) is 2.23. The van der Waals surface area contributed by atoms with E-state index in [1.165, 1.54) is 6.07 Å². The molecule has 0 aliphatic rings. The van der Waals surface area contributed by atoms with Gasteiger partial charge < -0.3 is 15.8 Å². The molecular weight excluding hydrogens is 342 g/mol. The topological polar surface area (TPSA) is 107 Å². The van der Waals surface area contributed by atoms with Crippen LogP contribution in [0.25, 0.3) is 0 Å². The van der Waals surface area contributed by atoms with Gasteiger partial charge in [0.15, 0.2) is 0 Å². The zero-order valence-electron chi connectivity index (χ0n) is 11.7. The molecule has 0 aromatic heterocycles. The molecule has 0 aliphatic carbocycles. The first-order valence-electron chi connectivity index (χ1n) is 6.55. The number of benzene rings is 1. The van der Waals surface area contributed by atoms with Crippen LogP contribution in [-0.2, 0) is 4.79 Å². The molecular formula is C13H18BrN3O4. The summed E-state index contributed by atoms with van der Waals surface area (Å²) in [7, 11) is 0. The van der Waals surface area contributed by atoms with E-state index in [0.29, 0.717) is 18.7 Å². The molecule has 21 heavy (non-hydrogen) atoms. The van der Waals surface area contributed by atoms with Gasteiger partial charge in [-0.25, -0.2) is 0 Å². The number of carbonyl (C=O) groups is 1. The minimum absolute atomic E-state index is 0.0666. The second-order valence-corrected chi connectivity index (χ2v) is 5.19. The number of halogens is 1. The van der Waals surface area contributed by atoms with Crippen molar-refractivity contribution in [1.82, 2.24) is 5.32 Å². The number of nitrogens with zero attached hydrogens (tertiary/aromatic N) is 1. The van der Waals surface area contributed by atoms with Crippen molar-refractivity contribution in [3.05, 3.63) is 32.8 Å². The zero-order chi connectivity index (χ0) is 15.8. The van der Waals surface area contributed by atoms with Gasteiger partial charge in [0.25, 0.3) is 5.69 Å². The SMILES string of the molecule is CCCNC(CCOc1cccc([N+](=O)[O-])c1Br)C(N)=O. The summed E-state index contributed by atoms with van der Waals surface area (Å²) in [5.41, 5.74) is 5.23. The number of hydrogen-bond acceptors (Lipinski definition) is 5. The van der Waals surface area contributed by atoms with Gasteiger partial charge in [0, 0.05) is 12.5 Å². The molecule has 1 amide bonds. The lowest BCUT2D eigenvalue weighted by Crippen LogP contribution is -2.42. The highest BCUT2D eigenvalue weighted by molar-refractivity contribution is 9.10. The van der Waals surface area contributed by atoms with Gasteiger partial charge in [0.05, 0.1) is 17.6 Å². The van der Waals surface area contributed by atoms with Crippen LogP contribution in [0.4, 0.5) is 5.69 Å². The molecule has 116 valence electrons. The van der Waals surface area contributed by atoms with Crippen LogP contribution in [0.15, 0.2) is 22.7 Å².